The number of H-pyrrole nitrogens is 1. The van der Waals surface area contributed by atoms with Crippen LogP contribution in [0.1, 0.15) is 13.3 Å². The number of aliphatic hydroxyl groups is 1. The molecule has 0 saturated carbocycles. The number of hydrogen-bond donors (Lipinski definition) is 3. The number of fused-ring (bicyclic) bond motifs is 1. The molecule has 3 N–H and O–H groups in total. The van der Waals surface area contributed by atoms with Crippen molar-refractivity contribution in [3.63, 3.8) is 0 Å². The lowest BCUT2D eigenvalue weighted by atomic mass is 10.2. The molecule has 0 radical (unpaired) electrons. The van der Waals surface area contributed by atoms with E-state index in [0.717, 1.165) is 6.42 Å². The van der Waals surface area contributed by atoms with Crippen LogP contribution in [0, 0.1) is 0 Å². The number of aromatic amines is 1. The van der Waals surface area contributed by atoms with Crippen molar-refractivity contribution < 1.29 is 5.11 Å². The lowest BCUT2D eigenvalue weighted by molar-refractivity contribution is 0.271. The lowest BCUT2D eigenvalue weighted by Crippen LogP contribution is -2.23. The van der Waals surface area contributed by atoms with Crippen molar-refractivity contribution >= 4 is 17.0 Å². The Bertz CT molecular complexity index is 437. The molecule has 0 aliphatic carbocycles. The maximum absolute atomic E-state index is 9.08. The van der Waals surface area contributed by atoms with Crippen LogP contribution in [-0.2, 0) is 0 Å². The van der Waals surface area contributed by atoms with E-state index in [1.807, 2.05) is 6.92 Å². The van der Waals surface area contributed by atoms with Crippen molar-refractivity contribution in [2.45, 2.75) is 19.4 Å². The molecular formula is C9H13N5O. The Morgan fingerprint density at radius 1 is 1.47 bits per heavy atom. The van der Waals surface area contributed by atoms with E-state index < -0.39 is 0 Å². The summed E-state index contributed by atoms with van der Waals surface area (Å²) in [6.07, 6.45) is 3.86. The summed E-state index contributed by atoms with van der Waals surface area (Å²) in [5.41, 5.74) is 1.39. The molecule has 6 nitrogen and oxygen atoms in total. The molecule has 2 aromatic heterocycles. The summed E-state index contributed by atoms with van der Waals surface area (Å²) < 4.78 is 0. The van der Waals surface area contributed by atoms with E-state index in [1.165, 1.54) is 6.33 Å². The largest absolute Gasteiger partial charge is 0.394 e. The number of aliphatic hydroxyl groups excluding tert-OH is 1. The maximum atomic E-state index is 9.08. The van der Waals surface area contributed by atoms with Crippen LogP contribution in [0.25, 0.3) is 11.2 Å². The Labute approximate surface area is 86.8 Å². The number of nitrogens with one attached hydrogen (secondary N) is 2. The zero-order valence-electron chi connectivity index (χ0n) is 8.44. The molecule has 15 heavy (non-hydrogen) atoms. The number of imidazole rings is 1. The average molecular weight is 207 g/mol. The topological polar surface area (TPSA) is 86.7 Å². The second kappa shape index (κ2) is 4.22. The molecule has 0 fully saturated rings. The molecule has 0 aliphatic heterocycles. The summed E-state index contributed by atoms with van der Waals surface area (Å²) in [5, 5.41) is 12.2. The van der Waals surface area contributed by atoms with Gasteiger partial charge in [-0.1, -0.05) is 6.92 Å². The molecule has 0 spiro atoms. The smallest absolute Gasteiger partial charge is 0.162 e. The van der Waals surface area contributed by atoms with Gasteiger partial charge < -0.3 is 15.4 Å². The van der Waals surface area contributed by atoms with Crippen LogP contribution in [0.3, 0.4) is 0 Å². The van der Waals surface area contributed by atoms with E-state index >= 15 is 0 Å². The highest BCUT2D eigenvalue weighted by Crippen LogP contribution is 2.15. The van der Waals surface area contributed by atoms with Crippen LogP contribution >= 0.6 is 0 Å². The van der Waals surface area contributed by atoms with E-state index in [1.54, 1.807) is 6.33 Å². The van der Waals surface area contributed by atoms with Crippen molar-refractivity contribution in [2.24, 2.45) is 0 Å². The second-order valence-corrected chi connectivity index (χ2v) is 3.25. The molecular weight excluding hydrogens is 194 g/mol. The Hall–Kier alpha value is -1.69. The minimum absolute atomic E-state index is 0.000185. The van der Waals surface area contributed by atoms with Gasteiger partial charge in [-0.3, -0.25) is 0 Å². The van der Waals surface area contributed by atoms with Crippen molar-refractivity contribution in [3.8, 4) is 0 Å². The molecule has 0 aliphatic rings. The van der Waals surface area contributed by atoms with Gasteiger partial charge in [-0.15, -0.1) is 0 Å². The number of nitrogens with zero attached hydrogens (tertiary/aromatic N) is 3. The zero-order valence-corrected chi connectivity index (χ0v) is 8.44. The SMILES string of the molecule is CCC(CO)Nc1ncnc2[nH]cnc12. The van der Waals surface area contributed by atoms with Crippen LogP contribution < -0.4 is 5.32 Å². The molecule has 2 heterocycles. The van der Waals surface area contributed by atoms with Crippen LogP contribution in [0.4, 0.5) is 5.82 Å². The van der Waals surface area contributed by atoms with E-state index in [4.69, 9.17) is 5.11 Å². The molecule has 6 heteroatoms. The molecule has 2 aromatic rings. The summed E-state index contributed by atoms with van der Waals surface area (Å²) in [6, 6.07) is -0.000185. The van der Waals surface area contributed by atoms with Gasteiger partial charge in [0.15, 0.2) is 11.5 Å². The molecule has 0 amide bonds. The van der Waals surface area contributed by atoms with Crippen molar-refractivity contribution in [2.75, 3.05) is 11.9 Å². The first-order valence-electron chi connectivity index (χ1n) is 4.86. The minimum atomic E-state index is -0.000185. The van der Waals surface area contributed by atoms with Crippen LogP contribution in [0.5, 0.6) is 0 Å². The summed E-state index contributed by atoms with van der Waals surface area (Å²) in [4.78, 5) is 15.1. The summed E-state index contributed by atoms with van der Waals surface area (Å²) in [5.74, 6) is 0.655. The van der Waals surface area contributed by atoms with Crippen LogP contribution in [0.15, 0.2) is 12.7 Å². The molecule has 1 unspecified atom stereocenters. The number of hydrogen-bond acceptors (Lipinski definition) is 5. The van der Waals surface area contributed by atoms with Crippen molar-refractivity contribution in [1.29, 1.82) is 0 Å². The fraction of sp³-hybridized carbons (Fsp3) is 0.444. The molecule has 1 atom stereocenters. The van der Waals surface area contributed by atoms with Gasteiger partial charge in [0, 0.05) is 0 Å². The summed E-state index contributed by atoms with van der Waals surface area (Å²) >= 11 is 0. The number of anilines is 1. The Balaban J connectivity index is 2.30. The van der Waals surface area contributed by atoms with Gasteiger partial charge in [0.05, 0.1) is 19.0 Å². The fourth-order valence-electron chi connectivity index (χ4n) is 1.34. The van der Waals surface area contributed by atoms with Crippen LogP contribution in [-0.4, -0.2) is 37.7 Å². The Morgan fingerprint density at radius 2 is 2.33 bits per heavy atom. The monoisotopic (exact) mass is 207 g/mol. The standard InChI is InChI=1S/C9H13N5O/c1-2-6(3-15)14-9-7-8(11-4-10-7)12-5-13-9/h4-6,15H,2-3H2,1H3,(H2,10,11,12,13,14). The van der Waals surface area contributed by atoms with Gasteiger partial charge in [-0.25, -0.2) is 15.0 Å². The van der Waals surface area contributed by atoms with E-state index in [9.17, 15) is 0 Å². The second-order valence-electron chi connectivity index (χ2n) is 3.25. The Morgan fingerprint density at radius 3 is 3.07 bits per heavy atom. The third-order valence-corrected chi connectivity index (χ3v) is 2.27. The predicted molar refractivity (Wildman–Crippen MR) is 56.5 cm³/mol. The molecule has 2 rings (SSSR count). The Kier molecular flexibility index (Phi) is 2.77. The highest BCUT2D eigenvalue weighted by molar-refractivity contribution is 5.82. The highest BCUT2D eigenvalue weighted by atomic mass is 16.3. The number of aromatic nitrogens is 4. The van der Waals surface area contributed by atoms with Gasteiger partial charge in [0.2, 0.25) is 0 Å². The lowest BCUT2D eigenvalue weighted by Gasteiger charge is -2.14. The van der Waals surface area contributed by atoms with Gasteiger partial charge in [-0.05, 0) is 6.42 Å². The third kappa shape index (κ3) is 1.89. The zero-order chi connectivity index (χ0) is 10.7. The average Bonchev–Trinajstić information content (AvgIpc) is 2.74. The van der Waals surface area contributed by atoms with Crippen molar-refractivity contribution in [3.05, 3.63) is 12.7 Å². The normalized spacial score (nSPS) is 12.9. The van der Waals surface area contributed by atoms with Gasteiger partial charge in [0.25, 0.3) is 0 Å². The summed E-state index contributed by atoms with van der Waals surface area (Å²) in [7, 11) is 0. The first-order chi connectivity index (χ1) is 7.35. The molecule has 0 saturated heterocycles. The highest BCUT2D eigenvalue weighted by Gasteiger charge is 2.09. The summed E-state index contributed by atoms with van der Waals surface area (Å²) in [6.45, 7) is 2.07. The maximum Gasteiger partial charge on any atom is 0.162 e. The van der Waals surface area contributed by atoms with Crippen molar-refractivity contribution in [1.82, 2.24) is 19.9 Å². The third-order valence-electron chi connectivity index (χ3n) is 2.27. The van der Waals surface area contributed by atoms with E-state index in [-0.39, 0.29) is 12.6 Å². The quantitative estimate of drug-likeness (QED) is 0.681. The fourth-order valence-corrected chi connectivity index (χ4v) is 1.34. The van der Waals surface area contributed by atoms with Crippen LogP contribution in [0.2, 0.25) is 0 Å². The van der Waals surface area contributed by atoms with E-state index in [0.29, 0.717) is 17.0 Å². The molecule has 80 valence electrons. The first-order valence-corrected chi connectivity index (χ1v) is 4.86. The van der Waals surface area contributed by atoms with E-state index in [2.05, 4.69) is 25.3 Å². The molecule has 0 aromatic carbocycles. The van der Waals surface area contributed by atoms with Gasteiger partial charge >= 0.3 is 0 Å². The van der Waals surface area contributed by atoms with Gasteiger partial charge in [0.1, 0.15) is 11.8 Å². The first kappa shape index (κ1) is 9.85. The predicted octanol–water partition coefficient (Wildman–Crippen LogP) is 0.536. The molecule has 0 bridgehead atoms. The number of rotatable bonds is 4. The minimum Gasteiger partial charge on any atom is -0.394 e. The van der Waals surface area contributed by atoms with Gasteiger partial charge in [-0.2, -0.15) is 0 Å².